The molecule has 148 valence electrons. The van der Waals surface area contributed by atoms with Crippen LogP contribution in [0.4, 0.5) is 10.5 Å². The molecule has 0 bridgehead atoms. The Morgan fingerprint density at radius 3 is 2.62 bits per heavy atom. The van der Waals surface area contributed by atoms with Crippen LogP contribution in [0.5, 0.6) is 0 Å². The van der Waals surface area contributed by atoms with Gasteiger partial charge in [-0.3, -0.25) is 29.4 Å². The first-order chi connectivity index (χ1) is 13.8. The van der Waals surface area contributed by atoms with E-state index in [1.54, 1.807) is 30.3 Å². The number of rotatable bonds is 6. The van der Waals surface area contributed by atoms with Gasteiger partial charge in [0.15, 0.2) is 0 Å². The van der Waals surface area contributed by atoms with Gasteiger partial charge in [-0.2, -0.15) is 0 Å². The standard InChI is InChI=1S/C19H14ClN3O5S/c20-14-6-4-12(5-7-14)10-16-18(25)22(19(26)29-16)9-8-21-17(24)13-2-1-3-15(11-13)23(27)28/h1-7,10-11H,8-9H2,(H,21,24). The maximum Gasteiger partial charge on any atom is 0.293 e. The molecular weight excluding hydrogens is 418 g/mol. The van der Waals surface area contributed by atoms with E-state index in [-0.39, 0.29) is 29.2 Å². The highest BCUT2D eigenvalue weighted by Crippen LogP contribution is 2.32. The van der Waals surface area contributed by atoms with Gasteiger partial charge in [0.25, 0.3) is 22.7 Å². The molecule has 8 nitrogen and oxygen atoms in total. The molecule has 0 saturated carbocycles. The van der Waals surface area contributed by atoms with E-state index in [0.29, 0.717) is 5.02 Å². The maximum absolute atomic E-state index is 12.5. The number of imide groups is 1. The Morgan fingerprint density at radius 1 is 1.21 bits per heavy atom. The summed E-state index contributed by atoms with van der Waals surface area (Å²) in [5.74, 6) is -0.975. The highest BCUT2D eigenvalue weighted by molar-refractivity contribution is 8.18. The Morgan fingerprint density at radius 2 is 1.93 bits per heavy atom. The summed E-state index contributed by atoms with van der Waals surface area (Å²) in [4.78, 5) is 48.2. The third-order valence-corrected chi connectivity index (χ3v) is 5.14. The summed E-state index contributed by atoms with van der Waals surface area (Å²) in [5.41, 5.74) is 0.658. The Hall–Kier alpha value is -3.17. The average molecular weight is 432 g/mol. The number of hydrogen-bond acceptors (Lipinski definition) is 6. The van der Waals surface area contributed by atoms with Crippen molar-refractivity contribution in [3.05, 3.63) is 79.7 Å². The fourth-order valence-corrected chi connectivity index (χ4v) is 3.54. The summed E-state index contributed by atoms with van der Waals surface area (Å²) in [7, 11) is 0. The molecule has 0 atom stereocenters. The monoisotopic (exact) mass is 431 g/mol. The van der Waals surface area contributed by atoms with E-state index in [0.717, 1.165) is 28.3 Å². The molecule has 1 N–H and O–H groups in total. The number of hydrogen-bond donors (Lipinski definition) is 1. The van der Waals surface area contributed by atoms with Crippen molar-refractivity contribution in [2.24, 2.45) is 0 Å². The molecule has 0 spiro atoms. The predicted octanol–water partition coefficient (Wildman–Crippen LogP) is 3.71. The third-order valence-electron chi connectivity index (χ3n) is 3.98. The fraction of sp³-hybridized carbons (Fsp3) is 0.105. The van der Waals surface area contributed by atoms with Crippen LogP contribution in [0.15, 0.2) is 53.4 Å². The first-order valence-electron chi connectivity index (χ1n) is 8.39. The smallest absolute Gasteiger partial charge is 0.293 e. The summed E-state index contributed by atoms with van der Waals surface area (Å²) in [5, 5.41) is 13.5. The summed E-state index contributed by atoms with van der Waals surface area (Å²) in [6, 6.07) is 12.1. The molecule has 0 aromatic heterocycles. The number of nitro groups is 1. The van der Waals surface area contributed by atoms with E-state index >= 15 is 0 Å². The number of halogens is 1. The van der Waals surface area contributed by atoms with Crippen molar-refractivity contribution in [1.29, 1.82) is 0 Å². The molecule has 3 rings (SSSR count). The van der Waals surface area contributed by atoms with Crippen LogP contribution in [0.1, 0.15) is 15.9 Å². The van der Waals surface area contributed by atoms with Gasteiger partial charge in [0.2, 0.25) is 0 Å². The van der Waals surface area contributed by atoms with Crippen molar-refractivity contribution in [1.82, 2.24) is 10.2 Å². The molecule has 1 aliphatic heterocycles. The molecule has 1 saturated heterocycles. The van der Waals surface area contributed by atoms with Crippen molar-refractivity contribution >= 4 is 52.2 Å². The highest BCUT2D eigenvalue weighted by Gasteiger charge is 2.34. The first-order valence-corrected chi connectivity index (χ1v) is 9.58. The number of thioether (sulfide) groups is 1. The van der Waals surface area contributed by atoms with Crippen molar-refractivity contribution in [2.75, 3.05) is 13.1 Å². The molecule has 2 aromatic carbocycles. The first kappa shape index (κ1) is 20.6. The molecule has 1 heterocycles. The molecule has 29 heavy (non-hydrogen) atoms. The quantitative estimate of drug-likeness (QED) is 0.424. The Kier molecular flexibility index (Phi) is 6.30. The SMILES string of the molecule is O=C(NCCN1C(=O)SC(=Cc2ccc(Cl)cc2)C1=O)c1cccc([N+](=O)[O-])c1. The molecule has 1 fully saturated rings. The lowest BCUT2D eigenvalue weighted by molar-refractivity contribution is -0.384. The molecule has 0 radical (unpaired) electrons. The third kappa shape index (κ3) is 5.01. The molecule has 2 aromatic rings. The Bertz CT molecular complexity index is 1020. The van der Waals surface area contributed by atoms with Crippen molar-refractivity contribution in [3.63, 3.8) is 0 Å². The van der Waals surface area contributed by atoms with E-state index in [2.05, 4.69) is 5.32 Å². The van der Waals surface area contributed by atoms with Crippen molar-refractivity contribution in [3.8, 4) is 0 Å². The maximum atomic E-state index is 12.5. The highest BCUT2D eigenvalue weighted by atomic mass is 35.5. The van der Waals surface area contributed by atoms with Gasteiger partial charge >= 0.3 is 0 Å². The number of nitrogens with zero attached hydrogens (tertiary/aromatic N) is 2. The van der Waals surface area contributed by atoms with Gasteiger partial charge in [0, 0.05) is 35.8 Å². The topological polar surface area (TPSA) is 110 Å². The van der Waals surface area contributed by atoms with Crippen molar-refractivity contribution < 1.29 is 19.3 Å². The summed E-state index contributed by atoms with van der Waals surface area (Å²) < 4.78 is 0. The lowest BCUT2D eigenvalue weighted by atomic mass is 10.2. The second kappa shape index (κ2) is 8.89. The number of nitrogens with one attached hydrogen (secondary N) is 1. The lowest BCUT2D eigenvalue weighted by Crippen LogP contribution is -2.37. The van der Waals surface area contributed by atoms with Gasteiger partial charge in [0.1, 0.15) is 0 Å². The summed E-state index contributed by atoms with van der Waals surface area (Å²) in [6.45, 7) is 0.0110. The molecule has 1 aliphatic rings. The van der Waals surface area contributed by atoms with E-state index in [1.807, 2.05) is 0 Å². The van der Waals surface area contributed by atoms with Gasteiger partial charge in [-0.15, -0.1) is 0 Å². The Balaban J connectivity index is 1.59. The number of carbonyl (C=O) groups excluding carboxylic acids is 3. The number of benzene rings is 2. The fourth-order valence-electron chi connectivity index (χ4n) is 2.55. The summed E-state index contributed by atoms with van der Waals surface area (Å²) in [6.07, 6.45) is 1.60. The number of carbonyl (C=O) groups is 3. The van der Waals surface area contributed by atoms with Crippen LogP contribution in [0.2, 0.25) is 5.02 Å². The largest absolute Gasteiger partial charge is 0.350 e. The molecular formula is C19H14ClN3O5S. The van der Waals surface area contributed by atoms with E-state index in [9.17, 15) is 24.5 Å². The van der Waals surface area contributed by atoms with Gasteiger partial charge in [-0.05, 0) is 41.6 Å². The molecule has 3 amide bonds. The van der Waals surface area contributed by atoms with E-state index in [4.69, 9.17) is 11.6 Å². The van der Waals surface area contributed by atoms with Crippen LogP contribution in [0, 0.1) is 10.1 Å². The molecule has 10 heteroatoms. The zero-order chi connectivity index (χ0) is 21.0. The second-order valence-corrected chi connectivity index (χ2v) is 7.38. The lowest BCUT2D eigenvalue weighted by Gasteiger charge is -2.13. The van der Waals surface area contributed by atoms with Gasteiger partial charge in [-0.1, -0.05) is 29.8 Å². The number of nitro benzene ring substituents is 1. The molecule has 0 aliphatic carbocycles. The van der Waals surface area contributed by atoms with Crippen LogP contribution >= 0.6 is 23.4 Å². The minimum Gasteiger partial charge on any atom is -0.350 e. The van der Waals surface area contributed by atoms with E-state index in [1.165, 1.54) is 18.2 Å². The zero-order valence-corrected chi connectivity index (χ0v) is 16.4. The van der Waals surface area contributed by atoms with Crippen LogP contribution < -0.4 is 5.32 Å². The zero-order valence-electron chi connectivity index (χ0n) is 14.8. The minimum atomic E-state index is -0.593. The van der Waals surface area contributed by atoms with Gasteiger partial charge in [0.05, 0.1) is 9.83 Å². The number of non-ortho nitro benzene ring substituents is 1. The van der Waals surface area contributed by atoms with Crippen LogP contribution in [0.3, 0.4) is 0 Å². The Labute approximate surface area is 174 Å². The van der Waals surface area contributed by atoms with Gasteiger partial charge < -0.3 is 5.32 Å². The predicted molar refractivity (Wildman–Crippen MR) is 110 cm³/mol. The van der Waals surface area contributed by atoms with Crippen LogP contribution in [-0.2, 0) is 4.79 Å². The van der Waals surface area contributed by atoms with Crippen molar-refractivity contribution in [2.45, 2.75) is 0 Å². The average Bonchev–Trinajstić information content (AvgIpc) is 2.97. The normalized spacial score (nSPS) is 15.1. The van der Waals surface area contributed by atoms with E-state index < -0.39 is 22.0 Å². The van der Waals surface area contributed by atoms with Crippen LogP contribution in [0.25, 0.3) is 6.08 Å². The number of amides is 3. The minimum absolute atomic E-state index is 0.0106. The second-order valence-electron chi connectivity index (χ2n) is 5.95. The summed E-state index contributed by atoms with van der Waals surface area (Å²) >= 11 is 6.65. The van der Waals surface area contributed by atoms with Crippen LogP contribution in [-0.4, -0.2) is 40.0 Å². The van der Waals surface area contributed by atoms with Gasteiger partial charge in [-0.25, -0.2) is 0 Å². The molecule has 0 unspecified atom stereocenters.